The van der Waals surface area contributed by atoms with Crippen LogP contribution in [0.15, 0.2) is 33.9 Å². The number of rotatable bonds is 4. The van der Waals surface area contributed by atoms with Gasteiger partial charge in [0.05, 0.1) is 6.54 Å². The highest BCUT2D eigenvalue weighted by molar-refractivity contribution is 9.10. The van der Waals surface area contributed by atoms with E-state index in [2.05, 4.69) is 20.9 Å². The molecular weight excluding hydrogens is 361 g/mol. The highest BCUT2D eigenvalue weighted by atomic mass is 79.9. The predicted molar refractivity (Wildman–Crippen MR) is 80.9 cm³/mol. The molecule has 0 amide bonds. The number of imidazole rings is 1. The topological polar surface area (TPSA) is 78.0 Å². The van der Waals surface area contributed by atoms with Gasteiger partial charge in [-0.05, 0) is 23.8 Å². The van der Waals surface area contributed by atoms with Crippen LogP contribution in [0.1, 0.15) is 31.2 Å². The van der Waals surface area contributed by atoms with Gasteiger partial charge in [0.2, 0.25) is 0 Å². The summed E-state index contributed by atoms with van der Waals surface area (Å²) in [6.45, 7) is 4.09. The van der Waals surface area contributed by atoms with Crippen LogP contribution in [0.25, 0.3) is 0 Å². The Labute approximate surface area is 131 Å². The van der Waals surface area contributed by atoms with Crippen LogP contribution in [0.3, 0.4) is 0 Å². The Balaban J connectivity index is 2.48. The van der Waals surface area contributed by atoms with Crippen LogP contribution in [0.4, 0.5) is 4.39 Å². The van der Waals surface area contributed by atoms with E-state index < -0.39 is 10.0 Å². The zero-order chi connectivity index (χ0) is 15.8. The maximum Gasteiger partial charge on any atom is 0.257 e. The molecule has 1 heterocycles. The highest BCUT2D eigenvalue weighted by Crippen LogP contribution is 2.22. The number of halogens is 2. The number of nitrogens with zero attached hydrogens (tertiary/aromatic N) is 2. The van der Waals surface area contributed by atoms with Gasteiger partial charge in [-0.25, -0.2) is 22.9 Å². The van der Waals surface area contributed by atoms with Crippen molar-refractivity contribution in [1.29, 1.82) is 0 Å². The number of hydrogen-bond donors (Lipinski definition) is 1. The number of nitrogens with two attached hydrogens (primary N) is 1. The lowest BCUT2D eigenvalue weighted by atomic mass is 10.2. The lowest BCUT2D eigenvalue weighted by Crippen LogP contribution is -2.12. The molecule has 0 aliphatic heterocycles. The first-order chi connectivity index (χ1) is 9.68. The zero-order valence-electron chi connectivity index (χ0n) is 11.5. The molecule has 8 heteroatoms. The van der Waals surface area contributed by atoms with Crippen molar-refractivity contribution in [2.75, 3.05) is 0 Å². The predicted octanol–water partition coefficient (Wildman–Crippen LogP) is 2.60. The van der Waals surface area contributed by atoms with E-state index in [1.165, 1.54) is 18.3 Å². The molecule has 2 N–H and O–H groups in total. The first-order valence-electron chi connectivity index (χ1n) is 6.22. The summed E-state index contributed by atoms with van der Waals surface area (Å²) < 4.78 is 38.6. The quantitative estimate of drug-likeness (QED) is 0.891. The van der Waals surface area contributed by atoms with Crippen molar-refractivity contribution in [3.05, 3.63) is 46.1 Å². The number of aromatic nitrogens is 2. The minimum atomic E-state index is -3.87. The van der Waals surface area contributed by atoms with Crippen molar-refractivity contribution in [2.45, 2.75) is 31.3 Å². The van der Waals surface area contributed by atoms with Crippen LogP contribution in [0, 0.1) is 5.82 Å². The molecular formula is C13H15BrFN3O2S. The average Bonchev–Trinajstić information content (AvgIpc) is 2.78. The monoisotopic (exact) mass is 375 g/mol. The van der Waals surface area contributed by atoms with Gasteiger partial charge < -0.3 is 4.57 Å². The van der Waals surface area contributed by atoms with Crippen LogP contribution < -0.4 is 5.14 Å². The van der Waals surface area contributed by atoms with E-state index in [4.69, 9.17) is 5.14 Å². The van der Waals surface area contributed by atoms with Gasteiger partial charge in [-0.15, -0.1) is 0 Å². The zero-order valence-corrected chi connectivity index (χ0v) is 13.9. The summed E-state index contributed by atoms with van der Waals surface area (Å²) in [5.74, 6) is 0.231. The largest absolute Gasteiger partial charge is 0.329 e. The molecule has 0 bridgehead atoms. The van der Waals surface area contributed by atoms with Crippen molar-refractivity contribution in [3.8, 4) is 0 Å². The Morgan fingerprint density at radius 2 is 2.10 bits per heavy atom. The van der Waals surface area contributed by atoms with Gasteiger partial charge in [0, 0.05) is 16.6 Å². The molecule has 1 aromatic heterocycles. The molecule has 0 saturated carbocycles. The first-order valence-corrected chi connectivity index (χ1v) is 8.56. The van der Waals surface area contributed by atoms with E-state index in [-0.39, 0.29) is 16.8 Å². The number of primary sulfonamides is 1. The van der Waals surface area contributed by atoms with Crippen LogP contribution in [-0.2, 0) is 16.6 Å². The first kappa shape index (κ1) is 16.1. The van der Waals surface area contributed by atoms with Crippen molar-refractivity contribution in [3.63, 3.8) is 0 Å². The minimum Gasteiger partial charge on any atom is -0.329 e. The maximum absolute atomic E-state index is 13.3. The van der Waals surface area contributed by atoms with Crippen LogP contribution >= 0.6 is 15.9 Å². The number of sulfonamides is 1. The fourth-order valence-electron chi connectivity index (χ4n) is 1.98. The Morgan fingerprint density at radius 3 is 2.67 bits per heavy atom. The molecule has 1 aromatic carbocycles. The number of benzene rings is 1. The van der Waals surface area contributed by atoms with Gasteiger partial charge in [-0.2, -0.15) is 0 Å². The van der Waals surface area contributed by atoms with Crippen LogP contribution in [-0.4, -0.2) is 18.0 Å². The van der Waals surface area contributed by atoms with Gasteiger partial charge in [0.25, 0.3) is 10.0 Å². The Morgan fingerprint density at radius 1 is 1.43 bits per heavy atom. The van der Waals surface area contributed by atoms with E-state index >= 15 is 0 Å². The molecule has 0 aliphatic carbocycles. The van der Waals surface area contributed by atoms with Gasteiger partial charge in [0.1, 0.15) is 11.6 Å². The smallest absolute Gasteiger partial charge is 0.257 e. The van der Waals surface area contributed by atoms with Crippen molar-refractivity contribution in [2.24, 2.45) is 5.14 Å². The van der Waals surface area contributed by atoms with Gasteiger partial charge in [0.15, 0.2) is 5.03 Å². The third-order valence-electron chi connectivity index (χ3n) is 2.94. The summed E-state index contributed by atoms with van der Waals surface area (Å²) in [5, 5.41) is 4.93. The molecule has 0 spiro atoms. The molecule has 2 aromatic rings. The van der Waals surface area contributed by atoms with Gasteiger partial charge in [-0.1, -0.05) is 29.8 Å². The normalized spacial score (nSPS) is 12.1. The Bertz CT molecular complexity index is 772. The van der Waals surface area contributed by atoms with Crippen LogP contribution in [0.2, 0.25) is 0 Å². The molecule has 0 fully saturated rings. The molecule has 0 saturated heterocycles. The fourth-order valence-corrected chi connectivity index (χ4v) is 2.84. The van der Waals surface area contributed by atoms with E-state index in [0.717, 1.165) is 4.47 Å². The highest BCUT2D eigenvalue weighted by Gasteiger charge is 2.19. The molecule has 114 valence electrons. The van der Waals surface area contributed by atoms with E-state index in [1.807, 2.05) is 13.8 Å². The van der Waals surface area contributed by atoms with E-state index in [1.54, 1.807) is 10.6 Å². The average molecular weight is 376 g/mol. The molecule has 0 aliphatic rings. The minimum absolute atomic E-state index is 0.00725. The molecule has 21 heavy (non-hydrogen) atoms. The van der Waals surface area contributed by atoms with Crippen LogP contribution in [0.5, 0.6) is 0 Å². The molecule has 0 unspecified atom stereocenters. The summed E-state index contributed by atoms with van der Waals surface area (Å²) in [6, 6.07) is 4.35. The van der Waals surface area contributed by atoms with E-state index in [9.17, 15) is 12.8 Å². The second-order valence-electron chi connectivity index (χ2n) is 5.00. The Kier molecular flexibility index (Phi) is 4.50. The summed E-state index contributed by atoms with van der Waals surface area (Å²) in [6.07, 6.45) is 1.38. The van der Waals surface area contributed by atoms with Crippen molar-refractivity contribution < 1.29 is 12.8 Å². The Hall–Kier alpha value is -1.25. The lowest BCUT2D eigenvalue weighted by molar-refractivity contribution is 0.594. The second kappa shape index (κ2) is 5.86. The maximum atomic E-state index is 13.3. The summed E-state index contributed by atoms with van der Waals surface area (Å²) in [7, 11) is -3.87. The SMILES string of the molecule is CC(C)c1nc(S(N)(=O)=O)cn1Cc1cc(F)ccc1Br. The van der Waals surface area contributed by atoms with Gasteiger partial charge >= 0.3 is 0 Å². The second-order valence-corrected chi connectivity index (χ2v) is 7.36. The third kappa shape index (κ3) is 3.69. The molecule has 5 nitrogen and oxygen atoms in total. The van der Waals surface area contributed by atoms with E-state index in [0.29, 0.717) is 17.9 Å². The number of hydrogen-bond acceptors (Lipinski definition) is 3. The van der Waals surface area contributed by atoms with Crippen molar-refractivity contribution in [1.82, 2.24) is 9.55 Å². The third-order valence-corrected chi connectivity index (χ3v) is 4.49. The molecule has 2 rings (SSSR count). The summed E-state index contributed by atoms with van der Waals surface area (Å²) in [5.41, 5.74) is 0.690. The standard InChI is InChI=1S/C13H15BrFN3O2S/c1-8(2)13-17-12(21(16,19)20)7-18(13)6-9-5-10(15)3-4-11(9)14/h3-5,7-8H,6H2,1-2H3,(H2,16,19,20). The molecule has 0 atom stereocenters. The molecule has 0 radical (unpaired) electrons. The summed E-state index contributed by atoms with van der Waals surface area (Å²) in [4.78, 5) is 4.07. The van der Waals surface area contributed by atoms with Crippen molar-refractivity contribution >= 4 is 26.0 Å². The fraction of sp³-hybridized carbons (Fsp3) is 0.308. The van der Waals surface area contributed by atoms with Gasteiger partial charge in [-0.3, -0.25) is 0 Å². The lowest BCUT2D eigenvalue weighted by Gasteiger charge is -2.11. The summed E-state index contributed by atoms with van der Waals surface area (Å²) >= 11 is 3.35.